The van der Waals surface area contributed by atoms with Crippen molar-refractivity contribution in [2.45, 2.75) is 37.7 Å². The topological polar surface area (TPSA) is 43.7 Å². The zero-order valence-electron chi connectivity index (χ0n) is 18.2. The first kappa shape index (κ1) is 21.6. The monoisotopic (exact) mass is 415 g/mol. The highest BCUT2D eigenvalue weighted by molar-refractivity contribution is 5.37. The molecule has 31 heavy (non-hydrogen) atoms. The third-order valence-corrected chi connectivity index (χ3v) is 6.73. The fraction of sp³-hybridized carbons (Fsp3) is 0.357. The normalized spacial score (nSPS) is 15.8. The Kier molecular flexibility index (Phi) is 7.06. The van der Waals surface area contributed by atoms with Crippen LogP contribution in [0, 0.1) is 5.92 Å². The molecule has 3 nitrogen and oxygen atoms in total. The van der Waals surface area contributed by atoms with Gasteiger partial charge >= 0.3 is 0 Å². The first-order valence-corrected chi connectivity index (χ1v) is 11.5. The molecule has 0 radical (unpaired) electrons. The summed E-state index contributed by atoms with van der Waals surface area (Å²) in [6.07, 6.45) is 5.38. The van der Waals surface area contributed by atoms with Gasteiger partial charge in [-0.3, -0.25) is 0 Å². The van der Waals surface area contributed by atoms with E-state index in [0.717, 1.165) is 56.4 Å². The molecular weight excluding hydrogens is 382 g/mol. The number of unbranched alkanes of at least 4 members (excludes halogenated alkanes) is 1. The molecule has 0 saturated carbocycles. The molecule has 0 spiro atoms. The van der Waals surface area contributed by atoms with Crippen LogP contribution in [-0.2, 0) is 12.0 Å². The van der Waals surface area contributed by atoms with E-state index in [1.807, 2.05) is 48.5 Å². The fourth-order valence-corrected chi connectivity index (χ4v) is 4.92. The number of benzene rings is 3. The van der Waals surface area contributed by atoms with Crippen LogP contribution in [0.2, 0.25) is 0 Å². The molecule has 2 N–H and O–H groups in total. The Hall–Kier alpha value is -2.62. The van der Waals surface area contributed by atoms with Crippen LogP contribution in [0.4, 0.5) is 0 Å². The molecule has 0 bridgehead atoms. The number of phenols is 1. The maximum atomic E-state index is 12.0. The molecule has 1 heterocycles. The zero-order valence-corrected chi connectivity index (χ0v) is 18.2. The summed E-state index contributed by atoms with van der Waals surface area (Å²) in [5, 5.41) is 21.4. The van der Waals surface area contributed by atoms with Gasteiger partial charge in [0.15, 0.2) is 0 Å². The van der Waals surface area contributed by atoms with Gasteiger partial charge < -0.3 is 15.1 Å². The first-order chi connectivity index (χ1) is 15.2. The molecule has 0 unspecified atom stereocenters. The average Bonchev–Trinajstić information content (AvgIpc) is 2.84. The van der Waals surface area contributed by atoms with Crippen molar-refractivity contribution in [1.82, 2.24) is 4.90 Å². The number of aliphatic hydroxyl groups is 1. The van der Waals surface area contributed by atoms with E-state index >= 15 is 0 Å². The van der Waals surface area contributed by atoms with Gasteiger partial charge in [0.1, 0.15) is 11.4 Å². The van der Waals surface area contributed by atoms with E-state index in [1.165, 1.54) is 12.0 Å². The molecule has 3 aromatic carbocycles. The first-order valence-electron chi connectivity index (χ1n) is 11.5. The fourth-order valence-electron chi connectivity index (χ4n) is 4.92. The summed E-state index contributed by atoms with van der Waals surface area (Å²) in [5.41, 5.74) is 2.34. The minimum atomic E-state index is -0.937. The summed E-state index contributed by atoms with van der Waals surface area (Å²) in [6, 6.07) is 27.9. The lowest BCUT2D eigenvalue weighted by Crippen LogP contribution is -2.44. The summed E-state index contributed by atoms with van der Waals surface area (Å²) >= 11 is 0. The van der Waals surface area contributed by atoms with E-state index in [4.69, 9.17) is 0 Å². The number of aryl methyl sites for hydroxylation is 1. The summed E-state index contributed by atoms with van der Waals surface area (Å²) in [4.78, 5) is 2.55. The second-order valence-electron chi connectivity index (χ2n) is 8.74. The second kappa shape index (κ2) is 10.1. The number of rotatable bonds is 8. The van der Waals surface area contributed by atoms with E-state index < -0.39 is 5.60 Å². The minimum absolute atomic E-state index is 0.213. The van der Waals surface area contributed by atoms with Crippen molar-refractivity contribution < 1.29 is 10.2 Å². The summed E-state index contributed by atoms with van der Waals surface area (Å²) in [6.45, 7) is 3.18. The summed E-state index contributed by atoms with van der Waals surface area (Å²) in [7, 11) is 0. The SMILES string of the molecule is Oc1ccc(CCCCN2CCC(C(O)(c3ccccc3)c3ccccc3)CC2)cc1. The summed E-state index contributed by atoms with van der Waals surface area (Å²) in [5.74, 6) is 0.545. The molecule has 3 aromatic rings. The zero-order chi connectivity index (χ0) is 21.5. The Morgan fingerprint density at radius 1 is 0.742 bits per heavy atom. The Balaban J connectivity index is 1.33. The van der Waals surface area contributed by atoms with Gasteiger partial charge in [0.25, 0.3) is 0 Å². The van der Waals surface area contributed by atoms with Crippen LogP contribution in [0.25, 0.3) is 0 Å². The van der Waals surface area contributed by atoms with E-state index in [2.05, 4.69) is 29.2 Å². The molecule has 0 amide bonds. The standard InChI is InChI=1S/C28H33NO2/c30-27-16-14-23(15-17-27)9-7-8-20-29-21-18-26(19-22-29)28(31,24-10-3-1-4-11-24)25-12-5-2-6-13-25/h1-6,10-17,26,30-31H,7-9,18-22H2. The third kappa shape index (κ3) is 5.17. The van der Waals surface area contributed by atoms with Crippen LogP contribution in [0.5, 0.6) is 5.75 Å². The average molecular weight is 416 g/mol. The Bertz CT molecular complexity index is 877. The van der Waals surface area contributed by atoms with Crippen LogP contribution in [0.1, 0.15) is 42.4 Å². The smallest absolute Gasteiger partial charge is 0.117 e. The Morgan fingerprint density at radius 3 is 1.84 bits per heavy atom. The largest absolute Gasteiger partial charge is 0.508 e. The van der Waals surface area contributed by atoms with E-state index in [9.17, 15) is 10.2 Å². The lowest BCUT2D eigenvalue weighted by atomic mass is 9.72. The predicted molar refractivity (Wildman–Crippen MR) is 126 cm³/mol. The van der Waals surface area contributed by atoms with Crippen LogP contribution in [0.3, 0.4) is 0 Å². The highest BCUT2D eigenvalue weighted by atomic mass is 16.3. The molecule has 1 fully saturated rings. The van der Waals surface area contributed by atoms with Crippen molar-refractivity contribution in [3.05, 3.63) is 102 Å². The quantitative estimate of drug-likeness (QED) is 0.487. The molecule has 3 heteroatoms. The summed E-state index contributed by atoms with van der Waals surface area (Å²) < 4.78 is 0. The van der Waals surface area contributed by atoms with E-state index in [0.29, 0.717) is 5.75 Å². The third-order valence-electron chi connectivity index (χ3n) is 6.73. The molecule has 0 aliphatic carbocycles. The van der Waals surface area contributed by atoms with Gasteiger partial charge in [-0.15, -0.1) is 0 Å². The van der Waals surface area contributed by atoms with Gasteiger partial charge in [-0.25, -0.2) is 0 Å². The maximum absolute atomic E-state index is 12.0. The van der Waals surface area contributed by atoms with Crippen molar-refractivity contribution >= 4 is 0 Å². The van der Waals surface area contributed by atoms with Crippen LogP contribution >= 0.6 is 0 Å². The van der Waals surface area contributed by atoms with Gasteiger partial charge in [-0.1, -0.05) is 72.8 Å². The van der Waals surface area contributed by atoms with Gasteiger partial charge in [0, 0.05) is 0 Å². The number of nitrogens with zero attached hydrogens (tertiary/aromatic N) is 1. The van der Waals surface area contributed by atoms with Gasteiger partial charge in [0.2, 0.25) is 0 Å². The number of hydrogen-bond acceptors (Lipinski definition) is 3. The molecule has 1 aliphatic heterocycles. The molecule has 162 valence electrons. The van der Waals surface area contributed by atoms with Gasteiger partial charge in [0.05, 0.1) is 0 Å². The molecule has 1 aliphatic rings. The highest BCUT2D eigenvalue weighted by Crippen LogP contribution is 2.41. The Morgan fingerprint density at radius 2 is 1.29 bits per heavy atom. The van der Waals surface area contributed by atoms with Crippen molar-refractivity contribution in [2.24, 2.45) is 5.92 Å². The lowest BCUT2D eigenvalue weighted by molar-refractivity contribution is -0.0143. The number of piperidine rings is 1. The van der Waals surface area contributed by atoms with Gasteiger partial charge in [-0.2, -0.15) is 0 Å². The highest BCUT2D eigenvalue weighted by Gasteiger charge is 2.41. The molecule has 0 atom stereocenters. The maximum Gasteiger partial charge on any atom is 0.117 e. The number of aromatic hydroxyl groups is 1. The van der Waals surface area contributed by atoms with Crippen LogP contribution in [0.15, 0.2) is 84.9 Å². The van der Waals surface area contributed by atoms with E-state index in [1.54, 1.807) is 12.1 Å². The second-order valence-corrected chi connectivity index (χ2v) is 8.74. The number of hydrogen-bond donors (Lipinski definition) is 2. The van der Waals surface area contributed by atoms with Crippen LogP contribution < -0.4 is 0 Å². The Labute approximate surface area is 186 Å². The molecule has 0 aromatic heterocycles. The molecular formula is C28H33NO2. The molecule has 1 saturated heterocycles. The van der Waals surface area contributed by atoms with Crippen molar-refractivity contribution in [3.63, 3.8) is 0 Å². The minimum Gasteiger partial charge on any atom is -0.508 e. The van der Waals surface area contributed by atoms with E-state index in [-0.39, 0.29) is 5.92 Å². The van der Waals surface area contributed by atoms with Crippen LogP contribution in [-0.4, -0.2) is 34.7 Å². The predicted octanol–water partition coefficient (Wildman–Crippen LogP) is 5.36. The number of phenolic OH excluding ortho intramolecular Hbond substituents is 1. The molecule has 4 rings (SSSR count). The van der Waals surface area contributed by atoms with Crippen molar-refractivity contribution in [3.8, 4) is 5.75 Å². The lowest BCUT2D eigenvalue weighted by Gasteiger charge is -2.42. The number of likely N-dealkylation sites (tertiary alicyclic amines) is 1. The van der Waals surface area contributed by atoms with Crippen molar-refractivity contribution in [2.75, 3.05) is 19.6 Å². The van der Waals surface area contributed by atoms with Crippen molar-refractivity contribution in [1.29, 1.82) is 0 Å². The van der Waals surface area contributed by atoms with Gasteiger partial charge in [-0.05, 0) is 86.5 Å².